The van der Waals surface area contributed by atoms with E-state index in [1.54, 1.807) is 4.68 Å². The Labute approximate surface area is 144 Å². The largest absolute Gasteiger partial charge is 0.362 e. The van der Waals surface area contributed by atoms with Gasteiger partial charge in [-0.05, 0) is 59.0 Å². The number of anilines is 1. The molecule has 0 saturated carbocycles. The van der Waals surface area contributed by atoms with Crippen LogP contribution in [0.4, 0.5) is 5.69 Å². The number of tetrazole rings is 1. The molecule has 3 aromatic rings. The number of hydrogen-bond acceptors (Lipinski definition) is 4. The zero-order valence-electron chi connectivity index (χ0n) is 11.3. The maximum atomic E-state index is 4.02. The Hall–Kier alpha value is -1.99. The summed E-state index contributed by atoms with van der Waals surface area (Å²) < 4.78 is 3.73. The second-order valence-corrected chi connectivity index (χ2v) is 6.24. The lowest BCUT2D eigenvalue weighted by Crippen LogP contribution is -1.99. The lowest BCUT2D eigenvalue weighted by molar-refractivity contribution is 0.786. The van der Waals surface area contributed by atoms with Crippen LogP contribution in [0.3, 0.4) is 0 Å². The summed E-state index contributed by atoms with van der Waals surface area (Å²) in [6.07, 6.45) is 3.63. The Kier molecular flexibility index (Phi) is 4.65. The minimum absolute atomic E-state index is 0.645. The van der Waals surface area contributed by atoms with Gasteiger partial charge in [-0.15, -0.1) is 5.10 Å². The van der Waals surface area contributed by atoms with Gasteiger partial charge in [-0.25, -0.2) is 0 Å². The van der Waals surface area contributed by atoms with Gasteiger partial charge in [0.1, 0.15) is 0 Å². The number of benzene rings is 2. The van der Waals surface area contributed by atoms with E-state index in [2.05, 4.69) is 52.7 Å². The van der Waals surface area contributed by atoms with Crippen molar-refractivity contribution in [2.75, 3.05) is 5.32 Å². The van der Waals surface area contributed by atoms with E-state index < -0.39 is 0 Å². The maximum Gasteiger partial charge on any atom is 0.181 e. The van der Waals surface area contributed by atoms with E-state index in [0.717, 1.165) is 20.3 Å². The Balaban J connectivity index is 1.76. The molecule has 22 heavy (non-hydrogen) atoms. The molecule has 7 heteroatoms. The van der Waals surface area contributed by atoms with Crippen LogP contribution in [-0.2, 0) is 0 Å². The van der Waals surface area contributed by atoms with Gasteiger partial charge >= 0.3 is 0 Å². The van der Waals surface area contributed by atoms with Gasteiger partial charge in [0.25, 0.3) is 0 Å². The highest BCUT2D eigenvalue weighted by atomic mass is 79.9. The molecular weight excluding hydrogens is 410 g/mol. The molecule has 0 aliphatic carbocycles. The van der Waals surface area contributed by atoms with Crippen molar-refractivity contribution in [3.63, 3.8) is 0 Å². The summed E-state index contributed by atoms with van der Waals surface area (Å²) in [6.45, 7) is 0. The van der Waals surface area contributed by atoms with Crippen LogP contribution in [0.15, 0.2) is 63.7 Å². The van der Waals surface area contributed by atoms with E-state index in [-0.39, 0.29) is 0 Å². The molecule has 1 heterocycles. The van der Waals surface area contributed by atoms with E-state index in [1.807, 2.05) is 60.8 Å². The van der Waals surface area contributed by atoms with Gasteiger partial charge < -0.3 is 5.32 Å². The normalized spacial score (nSPS) is 11.0. The van der Waals surface area contributed by atoms with Gasteiger partial charge in [0.05, 0.1) is 5.69 Å². The Bertz CT molecular complexity index is 778. The summed E-state index contributed by atoms with van der Waals surface area (Å²) in [7, 11) is 0. The summed E-state index contributed by atoms with van der Waals surface area (Å²) >= 11 is 6.82. The highest BCUT2D eigenvalue weighted by Gasteiger charge is 2.04. The molecule has 1 N–H and O–H groups in total. The second kappa shape index (κ2) is 6.85. The average Bonchev–Trinajstić information content (AvgIpc) is 2.98. The molecule has 0 saturated heterocycles. The summed E-state index contributed by atoms with van der Waals surface area (Å²) in [5, 5.41) is 14.9. The fraction of sp³-hybridized carbons (Fsp3) is 0. The van der Waals surface area contributed by atoms with E-state index in [1.165, 1.54) is 0 Å². The average molecular weight is 421 g/mol. The van der Waals surface area contributed by atoms with Crippen LogP contribution in [0.5, 0.6) is 0 Å². The van der Waals surface area contributed by atoms with Gasteiger partial charge in [0, 0.05) is 26.9 Å². The lowest BCUT2D eigenvalue weighted by Gasteiger charge is -2.02. The van der Waals surface area contributed by atoms with Crippen LogP contribution in [0, 0.1) is 0 Å². The first kappa shape index (κ1) is 14.9. The lowest BCUT2D eigenvalue weighted by atomic mass is 10.3. The van der Waals surface area contributed by atoms with Crippen LogP contribution in [-0.4, -0.2) is 20.2 Å². The monoisotopic (exact) mass is 419 g/mol. The molecule has 2 aromatic carbocycles. The van der Waals surface area contributed by atoms with Crippen LogP contribution in [0.1, 0.15) is 5.82 Å². The Morgan fingerprint density at radius 1 is 0.909 bits per heavy atom. The molecule has 0 atom stereocenters. The second-order valence-electron chi connectivity index (χ2n) is 4.41. The third kappa shape index (κ3) is 3.61. The van der Waals surface area contributed by atoms with Crippen LogP contribution in [0.25, 0.3) is 11.8 Å². The smallest absolute Gasteiger partial charge is 0.181 e. The number of nitrogens with zero attached hydrogens (tertiary/aromatic N) is 4. The van der Waals surface area contributed by atoms with Gasteiger partial charge in [0.15, 0.2) is 5.82 Å². The summed E-state index contributed by atoms with van der Waals surface area (Å²) in [5.74, 6) is 0.645. The number of hydrogen-bond donors (Lipinski definition) is 1. The number of rotatable bonds is 4. The molecule has 0 radical (unpaired) electrons. The van der Waals surface area contributed by atoms with Gasteiger partial charge in [-0.3, -0.25) is 0 Å². The number of aromatic nitrogens is 4. The van der Waals surface area contributed by atoms with Crippen LogP contribution < -0.4 is 5.32 Å². The summed E-state index contributed by atoms with van der Waals surface area (Å²) in [4.78, 5) is 0. The standard InChI is InChI=1S/C15H11Br2N5/c16-11-1-5-13(6-2-11)18-10-9-15-19-20-21-22(15)14-7-3-12(17)4-8-14/h1-10,18H. The van der Waals surface area contributed by atoms with Crippen LogP contribution >= 0.6 is 31.9 Å². The summed E-state index contributed by atoms with van der Waals surface area (Å²) in [6, 6.07) is 15.7. The van der Waals surface area contributed by atoms with Crippen molar-refractivity contribution in [2.24, 2.45) is 0 Å². The topological polar surface area (TPSA) is 55.6 Å². The molecule has 1 aromatic heterocycles. The van der Waals surface area contributed by atoms with E-state index in [9.17, 15) is 0 Å². The molecular formula is C15H11Br2N5. The number of nitrogens with one attached hydrogen (secondary N) is 1. The van der Waals surface area contributed by atoms with E-state index in [4.69, 9.17) is 0 Å². The van der Waals surface area contributed by atoms with E-state index >= 15 is 0 Å². The maximum absolute atomic E-state index is 4.02. The zero-order chi connectivity index (χ0) is 15.4. The minimum Gasteiger partial charge on any atom is -0.362 e. The highest BCUT2D eigenvalue weighted by molar-refractivity contribution is 9.10. The Morgan fingerprint density at radius 3 is 2.23 bits per heavy atom. The van der Waals surface area contributed by atoms with Crippen molar-refractivity contribution >= 4 is 43.6 Å². The van der Waals surface area contributed by atoms with Gasteiger partial charge in [0.2, 0.25) is 0 Å². The molecule has 5 nitrogen and oxygen atoms in total. The first-order valence-corrected chi connectivity index (χ1v) is 8.04. The van der Waals surface area contributed by atoms with Crippen molar-refractivity contribution in [3.8, 4) is 5.69 Å². The van der Waals surface area contributed by atoms with Crippen molar-refractivity contribution in [1.29, 1.82) is 0 Å². The zero-order valence-corrected chi connectivity index (χ0v) is 14.5. The molecule has 0 amide bonds. The highest BCUT2D eigenvalue weighted by Crippen LogP contribution is 2.16. The fourth-order valence-corrected chi connectivity index (χ4v) is 2.35. The first-order valence-electron chi connectivity index (χ1n) is 6.45. The molecule has 110 valence electrons. The molecule has 0 aliphatic rings. The molecule has 0 aliphatic heterocycles. The summed E-state index contributed by atoms with van der Waals surface area (Å²) in [5.41, 5.74) is 1.89. The number of halogens is 2. The minimum atomic E-state index is 0.645. The third-order valence-electron chi connectivity index (χ3n) is 2.89. The predicted molar refractivity (Wildman–Crippen MR) is 93.7 cm³/mol. The van der Waals surface area contributed by atoms with Gasteiger partial charge in [-0.1, -0.05) is 31.9 Å². The van der Waals surface area contributed by atoms with Crippen LogP contribution in [0.2, 0.25) is 0 Å². The van der Waals surface area contributed by atoms with Crippen molar-refractivity contribution in [2.45, 2.75) is 0 Å². The first-order chi connectivity index (χ1) is 10.7. The van der Waals surface area contributed by atoms with E-state index in [0.29, 0.717) is 5.82 Å². The van der Waals surface area contributed by atoms with Crippen molar-refractivity contribution in [1.82, 2.24) is 20.2 Å². The quantitative estimate of drug-likeness (QED) is 0.684. The predicted octanol–water partition coefficient (Wildman–Crippen LogP) is 4.27. The third-order valence-corrected chi connectivity index (χ3v) is 3.95. The van der Waals surface area contributed by atoms with Crippen molar-refractivity contribution < 1.29 is 0 Å². The molecule has 0 bridgehead atoms. The fourth-order valence-electron chi connectivity index (χ4n) is 1.82. The molecule has 0 spiro atoms. The molecule has 0 fully saturated rings. The molecule has 0 unspecified atom stereocenters. The SMILES string of the molecule is Brc1ccc(NC=Cc2nnnn2-c2ccc(Br)cc2)cc1. The van der Waals surface area contributed by atoms with Crippen molar-refractivity contribution in [3.05, 3.63) is 69.5 Å². The molecule has 3 rings (SSSR count). The van der Waals surface area contributed by atoms with Gasteiger partial charge in [-0.2, -0.15) is 4.68 Å². The Morgan fingerprint density at radius 2 is 1.55 bits per heavy atom.